The fraction of sp³-hybridized carbons (Fsp3) is 0.294. The van der Waals surface area contributed by atoms with Crippen molar-refractivity contribution in [3.8, 4) is 11.8 Å². The highest BCUT2D eigenvalue weighted by atomic mass is 32.2. The van der Waals surface area contributed by atoms with E-state index in [2.05, 4.69) is 21.0 Å². The highest BCUT2D eigenvalue weighted by molar-refractivity contribution is 7.98. The number of benzene rings is 1. The Labute approximate surface area is 149 Å². The Balaban J connectivity index is 1.89. The van der Waals surface area contributed by atoms with Gasteiger partial charge in [0.15, 0.2) is 10.8 Å². The van der Waals surface area contributed by atoms with Crippen LogP contribution >= 0.6 is 11.8 Å². The minimum Gasteiger partial charge on any atom is -0.495 e. The summed E-state index contributed by atoms with van der Waals surface area (Å²) < 4.78 is 6.94. The number of methoxy groups -OCH3 is 1. The van der Waals surface area contributed by atoms with E-state index in [1.54, 1.807) is 17.7 Å². The molecule has 0 spiro atoms. The lowest BCUT2D eigenvalue weighted by Crippen LogP contribution is -2.00. The topological polar surface area (TPSA) is 103 Å². The number of hydrogen-bond donors (Lipinski definition) is 1. The second-order valence-electron chi connectivity index (χ2n) is 5.44. The van der Waals surface area contributed by atoms with Gasteiger partial charge in [0.1, 0.15) is 17.3 Å². The maximum atomic E-state index is 9.20. The number of hydrogen-bond acceptors (Lipinski definition) is 7. The summed E-state index contributed by atoms with van der Waals surface area (Å²) in [6.45, 7) is 2.03. The number of ether oxygens (including phenoxy) is 1. The quantitative estimate of drug-likeness (QED) is 0.555. The second-order valence-corrected chi connectivity index (χ2v) is 6.39. The average molecular weight is 354 g/mol. The highest BCUT2D eigenvalue weighted by Gasteiger charge is 2.14. The molecule has 0 aliphatic heterocycles. The van der Waals surface area contributed by atoms with Gasteiger partial charge in [0.2, 0.25) is 5.95 Å². The standard InChI is InChI=1S/C17H18N6OS/c1-4-12-14-15(23(2)16(19)21-14)22-17(20-12)25-9-10-5-6-13(24-3)11(7-10)8-18/h5-7H,4,9H2,1-3H3,(H2,19,21). The summed E-state index contributed by atoms with van der Waals surface area (Å²) in [5, 5.41) is 9.86. The van der Waals surface area contributed by atoms with Gasteiger partial charge >= 0.3 is 0 Å². The first-order chi connectivity index (χ1) is 12.1. The van der Waals surface area contributed by atoms with Crippen LogP contribution in [0, 0.1) is 11.3 Å². The number of anilines is 1. The van der Waals surface area contributed by atoms with Crippen LogP contribution in [-0.4, -0.2) is 26.6 Å². The summed E-state index contributed by atoms with van der Waals surface area (Å²) in [4.78, 5) is 13.5. The molecule has 0 aliphatic rings. The molecule has 128 valence electrons. The van der Waals surface area contributed by atoms with Crippen LogP contribution in [0.3, 0.4) is 0 Å². The van der Waals surface area contributed by atoms with Crippen LogP contribution in [-0.2, 0) is 19.2 Å². The van der Waals surface area contributed by atoms with Crippen LogP contribution in [0.1, 0.15) is 23.7 Å². The molecule has 0 saturated heterocycles. The molecule has 7 nitrogen and oxygen atoms in total. The third-order valence-electron chi connectivity index (χ3n) is 3.89. The van der Waals surface area contributed by atoms with Gasteiger partial charge in [0, 0.05) is 12.8 Å². The molecule has 1 aromatic carbocycles. The summed E-state index contributed by atoms with van der Waals surface area (Å²) in [5.41, 5.74) is 9.78. The largest absolute Gasteiger partial charge is 0.495 e. The summed E-state index contributed by atoms with van der Waals surface area (Å²) in [6, 6.07) is 7.72. The Morgan fingerprint density at radius 1 is 1.32 bits per heavy atom. The minimum atomic E-state index is 0.426. The maximum Gasteiger partial charge on any atom is 0.202 e. The van der Waals surface area contributed by atoms with Crippen LogP contribution in [0.2, 0.25) is 0 Å². The van der Waals surface area contributed by atoms with Gasteiger partial charge in [-0.15, -0.1) is 0 Å². The fourth-order valence-electron chi connectivity index (χ4n) is 2.50. The lowest BCUT2D eigenvalue weighted by Gasteiger charge is -2.07. The number of rotatable bonds is 5. The van der Waals surface area contributed by atoms with Crippen LogP contribution in [0.15, 0.2) is 23.4 Å². The van der Waals surface area contributed by atoms with E-state index >= 15 is 0 Å². The van der Waals surface area contributed by atoms with Crippen LogP contribution in [0.25, 0.3) is 11.2 Å². The van der Waals surface area contributed by atoms with Crippen molar-refractivity contribution in [2.24, 2.45) is 7.05 Å². The van der Waals surface area contributed by atoms with Crippen molar-refractivity contribution in [1.82, 2.24) is 19.5 Å². The number of imidazole rings is 1. The maximum absolute atomic E-state index is 9.20. The number of fused-ring (bicyclic) bond motifs is 1. The molecule has 0 atom stereocenters. The average Bonchev–Trinajstić information content (AvgIpc) is 2.93. The molecule has 8 heteroatoms. The van der Waals surface area contributed by atoms with Crippen molar-refractivity contribution in [3.63, 3.8) is 0 Å². The smallest absolute Gasteiger partial charge is 0.202 e. The van der Waals surface area contributed by atoms with Crippen molar-refractivity contribution in [2.45, 2.75) is 24.3 Å². The van der Waals surface area contributed by atoms with Gasteiger partial charge in [0.05, 0.1) is 18.4 Å². The van der Waals surface area contributed by atoms with E-state index in [4.69, 9.17) is 10.5 Å². The van der Waals surface area contributed by atoms with Gasteiger partial charge in [-0.2, -0.15) is 5.26 Å². The van der Waals surface area contributed by atoms with E-state index in [0.717, 1.165) is 28.8 Å². The molecule has 0 fully saturated rings. The molecule has 3 aromatic rings. The Morgan fingerprint density at radius 3 is 2.80 bits per heavy atom. The fourth-order valence-corrected chi connectivity index (χ4v) is 3.30. The van der Waals surface area contributed by atoms with Crippen LogP contribution in [0.5, 0.6) is 5.75 Å². The van der Waals surface area contributed by atoms with E-state index < -0.39 is 0 Å². The van der Waals surface area contributed by atoms with Gasteiger partial charge in [-0.05, 0) is 24.1 Å². The van der Waals surface area contributed by atoms with E-state index in [0.29, 0.717) is 28.2 Å². The van der Waals surface area contributed by atoms with Crippen molar-refractivity contribution in [3.05, 3.63) is 35.0 Å². The van der Waals surface area contributed by atoms with Crippen molar-refractivity contribution >= 4 is 28.9 Å². The molecule has 0 saturated carbocycles. The molecule has 2 aromatic heterocycles. The lowest BCUT2D eigenvalue weighted by atomic mass is 10.1. The zero-order chi connectivity index (χ0) is 18.0. The number of nitrogens with zero attached hydrogens (tertiary/aromatic N) is 5. The summed E-state index contributed by atoms with van der Waals surface area (Å²) >= 11 is 1.51. The minimum absolute atomic E-state index is 0.426. The van der Waals surface area contributed by atoms with Crippen molar-refractivity contribution in [1.29, 1.82) is 5.26 Å². The van der Waals surface area contributed by atoms with Gasteiger partial charge in [0.25, 0.3) is 0 Å². The first-order valence-electron chi connectivity index (χ1n) is 7.76. The van der Waals surface area contributed by atoms with Gasteiger partial charge < -0.3 is 10.5 Å². The molecular formula is C17H18N6OS. The number of nitrogen functional groups attached to an aromatic ring is 1. The number of thioether (sulfide) groups is 1. The van der Waals surface area contributed by atoms with E-state index in [9.17, 15) is 5.26 Å². The summed E-state index contributed by atoms with van der Waals surface area (Å²) in [5.74, 6) is 1.66. The Kier molecular flexibility index (Phi) is 4.76. The predicted molar refractivity (Wildman–Crippen MR) is 97.4 cm³/mol. The van der Waals surface area contributed by atoms with Crippen LogP contribution in [0.4, 0.5) is 5.95 Å². The molecule has 2 N–H and O–H groups in total. The van der Waals surface area contributed by atoms with E-state index in [1.807, 2.05) is 26.1 Å². The summed E-state index contributed by atoms with van der Waals surface area (Å²) in [6.07, 6.45) is 0.754. The molecular weight excluding hydrogens is 336 g/mol. The monoisotopic (exact) mass is 354 g/mol. The first-order valence-corrected chi connectivity index (χ1v) is 8.74. The van der Waals surface area contributed by atoms with Crippen molar-refractivity contribution in [2.75, 3.05) is 12.8 Å². The number of nitriles is 1. The molecule has 0 unspecified atom stereocenters. The molecule has 0 radical (unpaired) electrons. The van der Waals surface area contributed by atoms with E-state index in [1.165, 1.54) is 11.8 Å². The summed E-state index contributed by atoms with van der Waals surface area (Å²) in [7, 11) is 3.40. The van der Waals surface area contributed by atoms with E-state index in [-0.39, 0.29) is 0 Å². The first kappa shape index (κ1) is 17.0. The highest BCUT2D eigenvalue weighted by Crippen LogP contribution is 2.26. The Bertz CT molecular complexity index is 975. The van der Waals surface area contributed by atoms with Gasteiger partial charge in [-0.25, -0.2) is 15.0 Å². The van der Waals surface area contributed by atoms with Gasteiger partial charge in [-0.3, -0.25) is 4.57 Å². The lowest BCUT2D eigenvalue weighted by molar-refractivity contribution is 0.413. The molecule has 0 bridgehead atoms. The molecule has 0 aliphatic carbocycles. The zero-order valence-corrected chi connectivity index (χ0v) is 15.1. The third-order valence-corrected chi connectivity index (χ3v) is 4.81. The Hall–Kier alpha value is -2.79. The van der Waals surface area contributed by atoms with Gasteiger partial charge in [-0.1, -0.05) is 24.8 Å². The molecule has 2 heterocycles. The molecule has 25 heavy (non-hydrogen) atoms. The normalized spacial score (nSPS) is 10.8. The number of nitrogens with two attached hydrogens (primary N) is 1. The number of aromatic nitrogens is 4. The SMILES string of the molecule is CCc1nc(SCc2ccc(OC)c(C#N)c2)nc2c1nc(N)n2C. The predicted octanol–water partition coefficient (Wildman–Crippen LogP) is 2.68. The Morgan fingerprint density at radius 2 is 2.12 bits per heavy atom. The number of aryl methyl sites for hydroxylation is 2. The van der Waals surface area contributed by atoms with Crippen LogP contribution < -0.4 is 10.5 Å². The van der Waals surface area contributed by atoms with Crippen molar-refractivity contribution < 1.29 is 4.74 Å². The third kappa shape index (κ3) is 3.23. The molecule has 3 rings (SSSR count). The second kappa shape index (κ2) is 6.99. The molecule has 0 amide bonds. The zero-order valence-electron chi connectivity index (χ0n) is 14.3.